The lowest BCUT2D eigenvalue weighted by molar-refractivity contribution is 0.415. The second-order valence-electron chi connectivity index (χ2n) is 5.21. The van der Waals surface area contributed by atoms with Gasteiger partial charge in [0.1, 0.15) is 11.5 Å². The van der Waals surface area contributed by atoms with Crippen molar-refractivity contribution in [2.45, 2.75) is 0 Å². The predicted octanol–water partition coefficient (Wildman–Crippen LogP) is 4.59. The van der Waals surface area contributed by atoms with Crippen LogP contribution in [0, 0.1) is 0 Å². The molecule has 0 bridgehead atoms. The molecule has 0 fully saturated rings. The minimum atomic E-state index is 0.605. The van der Waals surface area contributed by atoms with Gasteiger partial charge in [-0.15, -0.1) is 0 Å². The number of halogens is 1. The lowest BCUT2D eigenvalue weighted by atomic mass is 9.96. The smallest absolute Gasteiger partial charge is 0.119 e. The molecule has 2 aromatic carbocycles. The number of aromatic nitrogens is 1. The van der Waals surface area contributed by atoms with Gasteiger partial charge in [-0.2, -0.15) is 0 Å². The fourth-order valence-electron chi connectivity index (χ4n) is 2.57. The highest BCUT2D eigenvalue weighted by molar-refractivity contribution is 7.27. The van der Waals surface area contributed by atoms with E-state index in [9.17, 15) is 0 Å². The Morgan fingerprint density at radius 2 is 1.50 bits per heavy atom. The van der Waals surface area contributed by atoms with Gasteiger partial charge in [-0.05, 0) is 35.4 Å². The van der Waals surface area contributed by atoms with Crippen LogP contribution in [0.2, 0.25) is 5.02 Å². The summed E-state index contributed by atoms with van der Waals surface area (Å²) in [4.78, 5) is 4.40. The van der Waals surface area contributed by atoms with E-state index in [1.54, 1.807) is 14.2 Å². The van der Waals surface area contributed by atoms with Crippen molar-refractivity contribution in [1.29, 1.82) is 0 Å². The van der Waals surface area contributed by atoms with Gasteiger partial charge in [-0.3, -0.25) is 4.98 Å². The Morgan fingerprint density at radius 1 is 0.917 bits per heavy atom. The maximum atomic E-state index is 6.60. The summed E-state index contributed by atoms with van der Waals surface area (Å²) in [6.45, 7) is 0. The summed E-state index contributed by atoms with van der Waals surface area (Å²) in [6.07, 6.45) is 1.83. The molecule has 1 heterocycles. The number of rotatable bonds is 4. The van der Waals surface area contributed by atoms with Crippen LogP contribution in [0.15, 0.2) is 54.7 Å². The zero-order valence-corrected chi connectivity index (χ0v) is 15.3. The zero-order chi connectivity index (χ0) is 17.1. The lowest BCUT2D eigenvalue weighted by Gasteiger charge is -2.15. The first-order valence-corrected chi connectivity index (χ1v) is 8.32. The summed E-state index contributed by atoms with van der Waals surface area (Å²) in [5, 5.41) is 0.605. The molecule has 1 aromatic heterocycles. The molecule has 122 valence electrons. The van der Waals surface area contributed by atoms with E-state index < -0.39 is 0 Å². The van der Waals surface area contributed by atoms with Crippen molar-refractivity contribution in [2.24, 2.45) is 0 Å². The summed E-state index contributed by atoms with van der Waals surface area (Å²) in [7, 11) is 5.88. The largest absolute Gasteiger partial charge is 0.497 e. The van der Waals surface area contributed by atoms with Gasteiger partial charge in [-0.1, -0.05) is 45.1 Å². The van der Waals surface area contributed by atoms with E-state index >= 15 is 0 Å². The van der Waals surface area contributed by atoms with Gasteiger partial charge in [0.25, 0.3) is 0 Å². The Bertz CT molecular complexity index is 883. The maximum Gasteiger partial charge on any atom is 0.119 e. The van der Waals surface area contributed by atoms with Gasteiger partial charge in [0.05, 0.1) is 24.7 Å². The van der Waals surface area contributed by atoms with Crippen molar-refractivity contribution in [3.05, 3.63) is 59.8 Å². The van der Waals surface area contributed by atoms with E-state index in [1.807, 2.05) is 54.7 Å². The molecule has 0 amide bonds. The monoisotopic (exact) mass is 357 g/mol. The Morgan fingerprint density at radius 3 is 2.12 bits per heavy atom. The van der Waals surface area contributed by atoms with Crippen molar-refractivity contribution in [2.75, 3.05) is 14.2 Å². The van der Waals surface area contributed by atoms with Crippen LogP contribution >= 0.6 is 20.8 Å². The molecule has 5 heteroatoms. The predicted molar refractivity (Wildman–Crippen MR) is 103 cm³/mol. The van der Waals surface area contributed by atoms with E-state index in [2.05, 4.69) is 14.2 Å². The molecule has 0 spiro atoms. The van der Waals surface area contributed by atoms with Gasteiger partial charge in [0.15, 0.2) is 0 Å². The first kappa shape index (κ1) is 16.8. The van der Waals surface area contributed by atoms with Crippen LogP contribution in [0.4, 0.5) is 0 Å². The highest BCUT2D eigenvalue weighted by atomic mass is 35.5. The molecule has 0 saturated heterocycles. The summed E-state index contributed by atoms with van der Waals surface area (Å²) in [5.74, 6) is 1.57. The Labute approximate surface area is 148 Å². The molecule has 0 saturated carbocycles. The third-order valence-electron chi connectivity index (χ3n) is 3.79. The van der Waals surface area contributed by atoms with E-state index in [0.717, 1.165) is 33.8 Å². The van der Waals surface area contributed by atoms with Crippen LogP contribution in [0.1, 0.15) is 0 Å². The first-order valence-electron chi connectivity index (χ1n) is 7.37. The second kappa shape index (κ2) is 7.21. The van der Waals surface area contributed by atoms with E-state index in [0.29, 0.717) is 10.5 Å². The number of ether oxygens (including phenoxy) is 2. The third kappa shape index (κ3) is 3.24. The normalized spacial score (nSPS) is 10.5. The molecule has 3 rings (SSSR count). The Hall–Kier alpha value is -2.09. The standard InChI is InChI=1S/C19H17ClNO2P/c1-22-14-7-3-5-12(9-14)16-11-21-19(24)18(20)17(16)13-6-4-8-15(10-13)23-2/h3-11H,24H2,1-2H3. The van der Waals surface area contributed by atoms with Crippen LogP contribution in [0.5, 0.6) is 11.5 Å². The Kier molecular flexibility index (Phi) is 5.03. The molecule has 1 unspecified atom stereocenters. The van der Waals surface area contributed by atoms with Crippen molar-refractivity contribution in [3.63, 3.8) is 0 Å². The highest BCUT2D eigenvalue weighted by Crippen LogP contribution is 2.38. The van der Waals surface area contributed by atoms with Crippen LogP contribution in [0.25, 0.3) is 22.3 Å². The maximum absolute atomic E-state index is 6.60. The zero-order valence-electron chi connectivity index (χ0n) is 13.4. The number of benzene rings is 2. The van der Waals surface area contributed by atoms with Crippen LogP contribution in [-0.2, 0) is 0 Å². The van der Waals surface area contributed by atoms with Gasteiger partial charge < -0.3 is 9.47 Å². The molecule has 1 atom stereocenters. The van der Waals surface area contributed by atoms with Crippen LogP contribution in [-0.4, -0.2) is 19.2 Å². The van der Waals surface area contributed by atoms with E-state index in [4.69, 9.17) is 21.1 Å². The van der Waals surface area contributed by atoms with Crippen molar-refractivity contribution >= 4 is 26.3 Å². The van der Waals surface area contributed by atoms with Gasteiger partial charge >= 0.3 is 0 Å². The molecule has 3 aromatic rings. The molecule has 3 nitrogen and oxygen atoms in total. The van der Waals surface area contributed by atoms with Crippen LogP contribution in [0.3, 0.4) is 0 Å². The highest BCUT2D eigenvalue weighted by Gasteiger charge is 2.15. The van der Waals surface area contributed by atoms with Gasteiger partial charge in [0, 0.05) is 17.3 Å². The topological polar surface area (TPSA) is 31.4 Å². The molecule has 24 heavy (non-hydrogen) atoms. The number of nitrogens with zero attached hydrogens (tertiary/aromatic N) is 1. The van der Waals surface area contributed by atoms with E-state index in [-0.39, 0.29) is 0 Å². The quantitative estimate of drug-likeness (QED) is 0.640. The van der Waals surface area contributed by atoms with Crippen molar-refractivity contribution in [1.82, 2.24) is 4.98 Å². The number of hydrogen-bond donors (Lipinski definition) is 0. The molecular weight excluding hydrogens is 341 g/mol. The summed E-state index contributed by atoms with van der Waals surface area (Å²) in [6, 6.07) is 15.7. The molecular formula is C19H17ClNO2P. The third-order valence-corrected chi connectivity index (χ3v) is 4.79. The summed E-state index contributed by atoms with van der Waals surface area (Å²) < 4.78 is 10.7. The summed E-state index contributed by atoms with van der Waals surface area (Å²) >= 11 is 6.60. The van der Waals surface area contributed by atoms with Crippen LogP contribution < -0.4 is 14.9 Å². The molecule has 0 radical (unpaired) electrons. The average molecular weight is 358 g/mol. The first-order chi connectivity index (χ1) is 11.6. The minimum Gasteiger partial charge on any atom is -0.497 e. The van der Waals surface area contributed by atoms with Crippen molar-refractivity contribution < 1.29 is 9.47 Å². The molecule has 0 aliphatic carbocycles. The van der Waals surface area contributed by atoms with Gasteiger partial charge in [-0.25, -0.2) is 0 Å². The minimum absolute atomic E-state index is 0.605. The summed E-state index contributed by atoms with van der Waals surface area (Å²) in [5.41, 5.74) is 4.54. The number of hydrogen-bond acceptors (Lipinski definition) is 3. The fraction of sp³-hybridized carbons (Fsp3) is 0.105. The molecule has 0 aliphatic rings. The van der Waals surface area contributed by atoms with Crippen molar-refractivity contribution in [3.8, 4) is 33.8 Å². The molecule has 0 N–H and O–H groups in total. The SMILES string of the molecule is COc1cccc(-c2cnc(P)c(Cl)c2-c2cccc(OC)c2)c1. The number of methoxy groups -OCH3 is 2. The number of pyridine rings is 1. The Balaban J connectivity index is 2.25. The lowest BCUT2D eigenvalue weighted by Crippen LogP contribution is -2.03. The molecule has 0 aliphatic heterocycles. The average Bonchev–Trinajstić information content (AvgIpc) is 2.63. The second-order valence-corrected chi connectivity index (χ2v) is 6.13. The fourth-order valence-corrected chi connectivity index (χ4v) is 3.05. The van der Waals surface area contributed by atoms with E-state index in [1.165, 1.54) is 0 Å². The van der Waals surface area contributed by atoms with Gasteiger partial charge in [0.2, 0.25) is 0 Å².